The molecule has 0 radical (unpaired) electrons. The molecule has 0 bridgehead atoms. The van der Waals surface area contributed by atoms with Gasteiger partial charge in [0.25, 0.3) is 0 Å². The first-order chi connectivity index (χ1) is 7.47. The zero-order chi connectivity index (χ0) is 12.3. The van der Waals surface area contributed by atoms with E-state index in [-0.39, 0.29) is 12.6 Å². The molecule has 0 saturated carbocycles. The minimum atomic E-state index is -0.988. The van der Waals surface area contributed by atoms with Crippen molar-refractivity contribution in [2.45, 2.75) is 32.5 Å². The molecule has 16 heavy (non-hydrogen) atoms. The first-order valence-corrected chi connectivity index (χ1v) is 5.05. The quantitative estimate of drug-likeness (QED) is 0.568. The standard InChI is InChI=1S/C9H16N2O5/c1-4-15-9(13)16-7-5-6(2)10(3)8(12)11(7)14/h6-7,14H,4-5H2,1-3H3. The van der Waals surface area contributed by atoms with Crippen molar-refractivity contribution in [3.05, 3.63) is 0 Å². The van der Waals surface area contributed by atoms with Gasteiger partial charge in [0, 0.05) is 19.5 Å². The maximum atomic E-state index is 11.5. The molecular weight excluding hydrogens is 216 g/mol. The molecular formula is C9H16N2O5. The number of ether oxygens (including phenoxy) is 2. The third kappa shape index (κ3) is 2.54. The summed E-state index contributed by atoms with van der Waals surface area (Å²) in [5, 5.41) is 9.85. The summed E-state index contributed by atoms with van der Waals surface area (Å²) in [4.78, 5) is 23.9. The highest BCUT2D eigenvalue weighted by atomic mass is 16.7. The zero-order valence-electron chi connectivity index (χ0n) is 9.54. The molecule has 2 amide bonds. The Hall–Kier alpha value is -1.50. The molecule has 92 valence electrons. The summed E-state index contributed by atoms with van der Waals surface area (Å²) in [7, 11) is 1.57. The lowest BCUT2D eigenvalue weighted by molar-refractivity contribution is -0.190. The fraction of sp³-hybridized carbons (Fsp3) is 0.778. The van der Waals surface area contributed by atoms with Gasteiger partial charge in [-0.15, -0.1) is 0 Å². The van der Waals surface area contributed by atoms with Gasteiger partial charge in [0.2, 0.25) is 6.23 Å². The normalized spacial score (nSPS) is 25.6. The van der Waals surface area contributed by atoms with Crippen molar-refractivity contribution in [3.8, 4) is 0 Å². The number of rotatable bonds is 2. The van der Waals surface area contributed by atoms with Crippen LogP contribution >= 0.6 is 0 Å². The van der Waals surface area contributed by atoms with Crippen molar-refractivity contribution >= 4 is 12.2 Å². The first-order valence-electron chi connectivity index (χ1n) is 5.05. The Morgan fingerprint density at radius 3 is 2.81 bits per heavy atom. The minimum absolute atomic E-state index is 0.115. The first kappa shape index (κ1) is 12.6. The number of hydrogen-bond donors (Lipinski definition) is 1. The van der Waals surface area contributed by atoms with E-state index in [4.69, 9.17) is 4.74 Å². The Labute approximate surface area is 93.5 Å². The number of hydrogen-bond acceptors (Lipinski definition) is 5. The monoisotopic (exact) mass is 232 g/mol. The van der Waals surface area contributed by atoms with E-state index < -0.39 is 18.4 Å². The molecule has 0 aromatic heterocycles. The molecule has 0 aromatic carbocycles. The lowest BCUT2D eigenvalue weighted by atomic mass is 10.1. The lowest BCUT2D eigenvalue weighted by Crippen LogP contribution is -2.56. The van der Waals surface area contributed by atoms with E-state index in [1.807, 2.05) is 0 Å². The van der Waals surface area contributed by atoms with E-state index in [2.05, 4.69) is 4.74 Å². The van der Waals surface area contributed by atoms with Crippen LogP contribution in [0.3, 0.4) is 0 Å². The summed E-state index contributed by atoms with van der Waals surface area (Å²) >= 11 is 0. The van der Waals surface area contributed by atoms with Crippen molar-refractivity contribution in [2.24, 2.45) is 0 Å². The van der Waals surface area contributed by atoms with Gasteiger partial charge in [0.1, 0.15) is 0 Å². The summed E-state index contributed by atoms with van der Waals surface area (Å²) in [5.41, 5.74) is 0. The molecule has 7 nitrogen and oxygen atoms in total. The van der Waals surface area contributed by atoms with Crippen molar-refractivity contribution in [3.63, 3.8) is 0 Å². The fourth-order valence-electron chi connectivity index (χ4n) is 1.38. The molecule has 7 heteroatoms. The molecule has 1 fully saturated rings. The summed E-state index contributed by atoms with van der Waals surface area (Å²) < 4.78 is 9.37. The molecule has 1 N–H and O–H groups in total. The van der Waals surface area contributed by atoms with E-state index >= 15 is 0 Å². The van der Waals surface area contributed by atoms with Crippen molar-refractivity contribution in [1.82, 2.24) is 9.96 Å². The summed E-state index contributed by atoms with van der Waals surface area (Å²) in [6, 6.07) is -0.719. The minimum Gasteiger partial charge on any atom is -0.435 e. The Morgan fingerprint density at radius 1 is 1.62 bits per heavy atom. The van der Waals surface area contributed by atoms with E-state index in [0.717, 1.165) is 0 Å². The number of carbonyl (C=O) groups excluding carboxylic acids is 2. The van der Waals surface area contributed by atoms with Crippen molar-refractivity contribution in [1.29, 1.82) is 0 Å². The molecule has 0 spiro atoms. The summed E-state index contributed by atoms with van der Waals surface area (Å²) in [6.45, 7) is 3.62. The average molecular weight is 232 g/mol. The van der Waals surface area contributed by atoms with Crippen molar-refractivity contribution in [2.75, 3.05) is 13.7 Å². The highest BCUT2D eigenvalue weighted by molar-refractivity contribution is 5.74. The van der Waals surface area contributed by atoms with Gasteiger partial charge in [0.15, 0.2) is 0 Å². The van der Waals surface area contributed by atoms with Crippen LogP contribution in [-0.4, -0.2) is 53.3 Å². The van der Waals surface area contributed by atoms with Gasteiger partial charge < -0.3 is 14.4 Å². The van der Waals surface area contributed by atoms with Crippen LogP contribution in [0.1, 0.15) is 20.3 Å². The van der Waals surface area contributed by atoms with Gasteiger partial charge in [-0.2, -0.15) is 5.06 Å². The van der Waals surface area contributed by atoms with Crippen LogP contribution in [0.5, 0.6) is 0 Å². The third-order valence-corrected chi connectivity index (χ3v) is 2.47. The molecule has 1 aliphatic heterocycles. The van der Waals surface area contributed by atoms with Crippen LogP contribution in [0.15, 0.2) is 0 Å². The molecule has 1 rings (SSSR count). The van der Waals surface area contributed by atoms with Crippen LogP contribution in [0.2, 0.25) is 0 Å². The van der Waals surface area contributed by atoms with Crippen LogP contribution < -0.4 is 0 Å². The number of urea groups is 1. The second-order valence-corrected chi connectivity index (χ2v) is 3.58. The third-order valence-electron chi connectivity index (χ3n) is 2.47. The molecule has 1 aliphatic rings. The Balaban J connectivity index is 2.60. The van der Waals surface area contributed by atoms with E-state index in [1.165, 1.54) is 4.90 Å². The zero-order valence-corrected chi connectivity index (χ0v) is 9.54. The highest BCUT2D eigenvalue weighted by Crippen LogP contribution is 2.19. The number of carbonyl (C=O) groups is 2. The van der Waals surface area contributed by atoms with Crippen LogP contribution in [0.25, 0.3) is 0 Å². The number of amides is 2. The van der Waals surface area contributed by atoms with Gasteiger partial charge in [-0.1, -0.05) is 0 Å². The van der Waals surface area contributed by atoms with E-state index in [1.54, 1.807) is 20.9 Å². The fourth-order valence-corrected chi connectivity index (χ4v) is 1.38. The van der Waals surface area contributed by atoms with Gasteiger partial charge in [-0.05, 0) is 13.8 Å². The molecule has 1 heterocycles. The molecule has 0 aliphatic carbocycles. The molecule has 2 unspecified atom stereocenters. The summed E-state index contributed by atoms with van der Waals surface area (Å²) in [5.74, 6) is 0. The number of nitrogens with zero attached hydrogens (tertiary/aromatic N) is 2. The maximum Gasteiger partial charge on any atom is 0.510 e. The average Bonchev–Trinajstić information content (AvgIpc) is 2.23. The smallest absolute Gasteiger partial charge is 0.435 e. The van der Waals surface area contributed by atoms with Crippen LogP contribution in [-0.2, 0) is 9.47 Å². The topological polar surface area (TPSA) is 79.3 Å². The second kappa shape index (κ2) is 5.02. The second-order valence-electron chi connectivity index (χ2n) is 3.58. The van der Waals surface area contributed by atoms with Gasteiger partial charge >= 0.3 is 12.2 Å². The maximum absolute atomic E-state index is 11.5. The highest BCUT2D eigenvalue weighted by Gasteiger charge is 2.37. The van der Waals surface area contributed by atoms with Gasteiger partial charge in [-0.3, -0.25) is 5.21 Å². The Bertz CT molecular complexity index is 283. The van der Waals surface area contributed by atoms with Gasteiger partial charge in [-0.25, -0.2) is 9.59 Å². The van der Waals surface area contributed by atoms with Crippen LogP contribution in [0.4, 0.5) is 9.59 Å². The number of hydroxylamine groups is 2. The Morgan fingerprint density at radius 2 is 2.25 bits per heavy atom. The lowest BCUT2D eigenvalue weighted by Gasteiger charge is -2.38. The Kier molecular flexibility index (Phi) is 3.94. The van der Waals surface area contributed by atoms with Gasteiger partial charge in [0.05, 0.1) is 6.61 Å². The molecule has 0 aromatic rings. The van der Waals surface area contributed by atoms with Crippen LogP contribution in [0, 0.1) is 0 Å². The largest absolute Gasteiger partial charge is 0.510 e. The van der Waals surface area contributed by atoms with E-state index in [9.17, 15) is 14.8 Å². The predicted molar refractivity (Wildman–Crippen MR) is 52.8 cm³/mol. The molecule has 2 atom stereocenters. The molecule has 1 saturated heterocycles. The predicted octanol–water partition coefficient (Wildman–Crippen LogP) is 1.02. The SMILES string of the molecule is CCOC(=O)OC1CC(C)N(C)C(=O)N1O. The van der Waals surface area contributed by atoms with E-state index in [0.29, 0.717) is 11.5 Å². The summed E-state index contributed by atoms with van der Waals surface area (Å²) in [6.07, 6.45) is -1.55. The van der Waals surface area contributed by atoms with Crippen molar-refractivity contribution < 1.29 is 24.3 Å².